The molecule has 0 N–H and O–H groups in total. The molecule has 0 spiro atoms. The Bertz CT molecular complexity index is 1500. The summed E-state index contributed by atoms with van der Waals surface area (Å²) in [6, 6.07) is 31.4. The third-order valence-electron chi connectivity index (χ3n) is 7.46. The molecule has 0 saturated heterocycles. The second-order valence-electron chi connectivity index (χ2n) is 10.2. The summed E-state index contributed by atoms with van der Waals surface area (Å²) in [5.74, 6) is 1.81. The van der Waals surface area contributed by atoms with Crippen LogP contribution in [0.4, 0.5) is 0 Å². The van der Waals surface area contributed by atoms with Gasteiger partial charge in [-0.25, -0.2) is 0 Å². The Balaban J connectivity index is 0.000000170. The largest absolute Gasteiger partial charge is 0.360 e. The number of aromatic nitrogens is 3. The molecule has 2 aliphatic rings. The van der Waals surface area contributed by atoms with Gasteiger partial charge in [-0.2, -0.15) is 0 Å². The minimum absolute atomic E-state index is 0. The van der Waals surface area contributed by atoms with E-state index in [1.807, 2.05) is 43.5 Å². The minimum atomic E-state index is 0. The predicted molar refractivity (Wildman–Crippen MR) is 152 cm³/mol. The van der Waals surface area contributed by atoms with Crippen LogP contribution in [-0.2, 0) is 26.7 Å². The van der Waals surface area contributed by atoms with Crippen LogP contribution in [0, 0.1) is 31.9 Å². The standard InChI is InChI=1S/C21H19N2.C13H12N.Ir/c1-2-9-16(10-3-1)21-22-19-12-6-11-17-13-18(14-23(21)20(17)19)15-7-4-5-8-15;1-10-3-6-12(7-4-10)13-8-5-11(2)9-14-13;/h1-3,6,9,11-13,15H,4-5,7-8,14H2;3-6,8-9H,1-2H3;/q2*-1;. The van der Waals surface area contributed by atoms with Crippen molar-refractivity contribution in [2.75, 3.05) is 0 Å². The molecule has 1 aliphatic carbocycles. The molecule has 1 radical (unpaired) electrons. The molecule has 4 heteroatoms. The average molecular weight is 674 g/mol. The third kappa shape index (κ3) is 5.43. The molecule has 0 unspecified atom stereocenters. The normalized spacial score (nSPS) is 14.4. The number of nitrogens with zero attached hydrogens (tertiary/aromatic N) is 3. The molecule has 1 aliphatic heterocycles. The molecule has 193 valence electrons. The molecule has 1 saturated carbocycles. The van der Waals surface area contributed by atoms with Crippen molar-refractivity contribution in [3.8, 4) is 22.6 Å². The number of pyridine rings is 1. The second-order valence-corrected chi connectivity index (χ2v) is 10.2. The summed E-state index contributed by atoms with van der Waals surface area (Å²) in [4.78, 5) is 9.26. The Morgan fingerprint density at radius 3 is 2.39 bits per heavy atom. The van der Waals surface area contributed by atoms with Crippen molar-refractivity contribution in [2.45, 2.75) is 46.1 Å². The fourth-order valence-corrected chi connectivity index (χ4v) is 5.48. The van der Waals surface area contributed by atoms with Crippen LogP contribution in [0.5, 0.6) is 0 Å². The minimum Gasteiger partial charge on any atom is -0.360 e. The van der Waals surface area contributed by atoms with E-state index in [2.05, 4.69) is 77.1 Å². The van der Waals surface area contributed by atoms with E-state index in [0.717, 1.165) is 40.6 Å². The van der Waals surface area contributed by atoms with E-state index in [4.69, 9.17) is 4.98 Å². The number of aryl methyl sites for hydroxylation is 2. The third-order valence-corrected chi connectivity index (χ3v) is 7.46. The Hall–Kier alpha value is -3.33. The molecule has 7 rings (SSSR count). The molecule has 5 aromatic rings. The van der Waals surface area contributed by atoms with E-state index in [9.17, 15) is 0 Å². The number of allylic oxidation sites excluding steroid dienone is 1. The van der Waals surface area contributed by atoms with Crippen LogP contribution >= 0.6 is 0 Å². The Labute approximate surface area is 239 Å². The number of rotatable bonds is 3. The molecule has 0 atom stereocenters. The van der Waals surface area contributed by atoms with Crippen LogP contribution in [-0.4, -0.2) is 14.5 Å². The first-order valence-electron chi connectivity index (χ1n) is 13.2. The maximum Gasteiger partial charge on any atom is 0.0777 e. The van der Waals surface area contributed by atoms with Crippen LogP contribution < -0.4 is 0 Å². The molecular formula is C34H31IrN3-2. The summed E-state index contributed by atoms with van der Waals surface area (Å²) in [7, 11) is 0. The molecule has 2 aromatic heterocycles. The van der Waals surface area contributed by atoms with Crippen molar-refractivity contribution in [1.82, 2.24) is 14.5 Å². The Morgan fingerprint density at radius 1 is 0.842 bits per heavy atom. The summed E-state index contributed by atoms with van der Waals surface area (Å²) in [5.41, 5.74) is 10.8. The summed E-state index contributed by atoms with van der Waals surface area (Å²) < 4.78 is 2.41. The first-order chi connectivity index (χ1) is 18.2. The van der Waals surface area contributed by atoms with E-state index in [1.54, 1.807) is 5.57 Å². The van der Waals surface area contributed by atoms with Gasteiger partial charge in [0.1, 0.15) is 0 Å². The number of imidazole rings is 1. The fourth-order valence-electron chi connectivity index (χ4n) is 5.48. The second kappa shape index (κ2) is 11.6. The number of hydrogen-bond donors (Lipinski definition) is 0. The van der Waals surface area contributed by atoms with Gasteiger partial charge in [-0.15, -0.1) is 71.3 Å². The van der Waals surface area contributed by atoms with Crippen molar-refractivity contribution in [2.24, 2.45) is 5.92 Å². The van der Waals surface area contributed by atoms with Gasteiger partial charge in [-0.05, 0) is 54.1 Å². The molecule has 3 aromatic carbocycles. The summed E-state index contributed by atoms with van der Waals surface area (Å²) in [5, 5.41) is 0. The molecule has 3 heterocycles. The summed E-state index contributed by atoms with van der Waals surface area (Å²) in [6.07, 6.45) is 9.75. The van der Waals surface area contributed by atoms with Gasteiger partial charge in [0.25, 0.3) is 0 Å². The van der Waals surface area contributed by atoms with Crippen LogP contribution in [0.15, 0.2) is 84.6 Å². The van der Waals surface area contributed by atoms with Crippen molar-refractivity contribution in [3.05, 3.63) is 113 Å². The topological polar surface area (TPSA) is 30.7 Å². The van der Waals surface area contributed by atoms with Crippen LogP contribution in [0.3, 0.4) is 0 Å². The van der Waals surface area contributed by atoms with Crippen LogP contribution in [0.2, 0.25) is 0 Å². The van der Waals surface area contributed by atoms with E-state index in [1.165, 1.54) is 47.9 Å². The number of benzene rings is 3. The molecule has 3 nitrogen and oxygen atoms in total. The van der Waals surface area contributed by atoms with Crippen molar-refractivity contribution < 1.29 is 20.1 Å². The smallest absolute Gasteiger partial charge is 0.0777 e. The predicted octanol–water partition coefficient (Wildman–Crippen LogP) is 8.25. The summed E-state index contributed by atoms with van der Waals surface area (Å²) in [6.45, 7) is 5.08. The quantitative estimate of drug-likeness (QED) is 0.181. The first-order valence-corrected chi connectivity index (χ1v) is 13.2. The molecule has 0 bridgehead atoms. The zero-order chi connectivity index (χ0) is 25.2. The maximum absolute atomic E-state index is 4.91. The van der Waals surface area contributed by atoms with Crippen LogP contribution in [0.1, 0.15) is 42.4 Å². The van der Waals surface area contributed by atoms with Gasteiger partial charge in [-0.3, -0.25) is 4.98 Å². The zero-order valence-corrected chi connectivity index (χ0v) is 24.3. The Morgan fingerprint density at radius 2 is 1.68 bits per heavy atom. The van der Waals surface area contributed by atoms with E-state index >= 15 is 0 Å². The van der Waals surface area contributed by atoms with Gasteiger partial charge < -0.3 is 9.55 Å². The van der Waals surface area contributed by atoms with E-state index < -0.39 is 0 Å². The van der Waals surface area contributed by atoms with E-state index in [-0.39, 0.29) is 20.1 Å². The maximum atomic E-state index is 4.91. The van der Waals surface area contributed by atoms with Gasteiger partial charge >= 0.3 is 0 Å². The van der Waals surface area contributed by atoms with Crippen molar-refractivity contribution >= 4 is 17.1 Å². The van der Waals surface area contributed by atoms with E-state index in [0.29, 0.717) is 0 Å². The van der Waals surface area contributed by atoms with Crippen molar-refractivity contribution in [3.63, 3.8) is 0 Å². The van der Waals surface area contributed by atoms with Gasteiger partial charge in [0.15, 0.2) is 0 Å². The summed E-state index contributed by atoms with van der Waals surface area (Å²) >= 11 is 0. The Kier molecular flexibility index (Phi) is 8.02. The monoisotopic (exact) mass is 674 g/mol. The molecule has 0 amide bonds. The SMILES string of the molecule is Cc1c[c-]c(-c2ccc(C)cn2)cc1.[Ir].[c-]1ccccc1-c1nc2cccc3c2n1CC(C1CCCC1)=C3. The van der Waals surface area contributed by atoms with Gasteiger partial charge in [-0.1, -0.05) is 50.1 Å². The van der Waals surface area contributed by atoms with Crippen molar-refractivity contribution in [1.29, 1.82) is 0 Å². The molecule has 1 fully saturated rings. The molecular weight excluding hydrogens is 643 g/mol. The van der Waals surface area contributed by atoms with Crippen LogP contribution in [0.25, 0.3) is 39.8 Å². The zero-order valence-electron chi connectivity index (χ0n) is 21.9. The van der Waals surface area contributed by atoms with Gasteiger partial charge in [0, 0.05) is 32.8 Å². The van der Waals surface area contributed by atoms with Gasteiger partial charge in [0.2, 0.25) is 0 Å². The number of para-hydroxylation sites is 1. The average Bonchev–Trinajstić information content (AvgIpc) is 3.61. The number of hydrogen-bond acceptors (Lipinski definition) is 2. The van der Waals surface area contributed by atoms with Gasteiger partial charge in [0.05, 0.1) is 16.9 Å². The first kappa shape index (κ1) is 26.3. The molecule has 38 heavy (non-hydrogen) atoms. The fraction of sp³-hybridized carbons (Fsp3) is 0.235.